The van der Waals surface area contributed by atoms with Crippen molar-refractivity contribution in [3.8, 4) is 0 Å². The quantitative estimate of drug-likeness (QED) is 0.660. The first-order valence-corrected chi connectivity index (χ1v) is 8.15. The number of nitrogens with one attached hydrogen (secondary N) is 3. The molecule has 0 radical (unpaired) electrons. The van der Waals surface area contributed by atoms with E-state index < -0.39 is 0 Å². The topological polar surface area (TPSA) is 91.8 Å². The largest absolute Gasteiger partial charge is 0.339 e. The number of aryl methyl sites for hydroxylation is 1. The highest BCUT2D eigenvalue weighted by Gasteiger charge is 2.06. The van der Waals surface area contributed by atoms with Crippen LogP contribution in [0.15, 0.2) is 36.5 Å². The normalized spacial score (nSPS) is 10.5. The van der Waals surface area contributed by atoms with Gasteiger partial charge in [0.15, 0.2) is 11.5 Å². The number of fused-ring (bicyclic) bond motifs is 1. The number of hydrogen-bond donors (Lipinski definition) is 3. The number of carbonyl (C=O) groups excluding carboxylic acids is 1. The van der Waals surface area contributed by atoms with E-state index in [0.29, 0.717) is 34.4 Å². The number of amides is 2. The summed E-state index contributed by atoms with van der Waals surface area (Å²) in [6.45, 7) is 4.31. The number of urea groups is 1. The molecule has 128 valence electrons. The predicted octanol–water partition coefficient (Wildman–Crippen LogP) is 3.87. The Balaban J connectivity index is 1.84. The van der Waals surface area contributed by atoms with Crippen LogP contribution in [0.3, 0.4) is 0 Å². The summed E-state index contributed by atoms with van der Waals surface area (Å²) < 4.78 is 0. The number of anilines is 3. The van der Waals surface area contributed by atoms with Gasteiger partial charge in [0, 0.05) is 17.3 Å². The van der Waals surface area contributed by atoms with Gasteiger partial charge < -0.3 is 10.6 Å². The average molecular weight is 357 g/mol. The number of halogens is 1. The first-order chi connectivity index (χ1) is 12.0. The van der Waals surface area contributed by atoms with Gasteiger partial charge in [-0.15, -0.1) is 0 Å². The molecule has 2 amide bonds. The lowest BCUT2D eigenvalue weighted by molar-refractivity contribution is 0.252. The number of benzene rings is 1. The molecule has 0 bridgehead atoms. The number of carbonyl (C=O) groups is 1. The molecule has 25 heavy (non-hydrogen) atoms. The SMILES string of the molecule is CCNC(=O)Nc1ccc2ncc(Nc3ccc(Cl)c(C)c3)nc2n1. The van der Waals surface area contributed by atoms with Crippen molar-refractivity contribution >= 4 is 46.1 Å². The van der Waals surface area contributed by atoms with Crippen LogP contribution in [-0.2, 0) is 0 Å². The van der Waals surface area contributed by atoms with E-state index in [2.05, 4.69) is 30.9 Å². The Labute approximate surface area is 149 Å². The first-order valence-electron chi connectivity index (χ1n) is 7.77. The van der Waals surface area contributed by atoms with E-state index in [4.69, 9.17) is 11.6 Å². The van der Waals surface area contributed by atoms with Gasteiger partial charge in [0.1, 0.15) is 11.3 Å². The number of nitrogens with zero attached hydrogens (tertiary/aromatic N) is 3. The van der Waals surface area contributed by atoms with E-state index >= 15 is 0 Å². The maximum absolute atomic E-state index is 11.6. The van der Waals surface area contributed by atoms with E-state index in [1.54, 1.807) is 18.3 Å². The third kappa shape index (κ3) is 4.13. The minimum atomic E-state index is -0.312. The molecule has 0 saturated heterocycles. The number of hydrogen-bond acceptors (Lipinski definition) is 5. The molecule has 3 aromatic rings. The molecule has 7 nitrogen and oxygen atoms in total. The standard InChI is InChI=1S/C17H17ClN6O/c1-3-19-17(25)24-14-7-6-13-16(22-14)23-15(9-20-13)21-11-4-5-12(18)10(2)8-11/h4-9H,3H2,1-2H3,(H3,19,21,22,23,24,25). The van der Waals surface area contributed by atoms with Crippen molar-refractivity contribution in [3.63, 3.8) is 0 Å². The fourth-order valence-corrected chi connectivity index (χ4v) is 2.34. The molecule has 8 heteroatoms. The lowest BCUT2D eigenvalue weighted by atomic mass is 10.2. The van der Waals surface area contributed by atoms with Gasteiger partial charge in [-0.3, -0.25) is 5.32 Å². The summed E-state index contributed by atoms with van der Waals surface area (Å²) in [7, 11) is 0. The Morgan fingerprint density at radius 1 is 1.16 bits per heavy atom. The Hall–Kier alpha value is -2.93. The van der Waals surface area contributed by atoms with Crippen LogP contribution < -0.4 is 16.0 Å². The Morgan fingerprint density at radius 3 is 2.72 bits per heavy atom. The maximum atomic E-state index is 11.6. The second-order valence-electron chi connectivity index (χ2n) is 5.37. The highest BCUT2D eigenvalue weighted by Crippen LogP contribution is 2.22. The summed E-state index contributed by atoms with van der Waals surface area (Å²) in [5.41, 5.74) is 2.89. The molecule has 0 atom stereocenters. The zero-order valence-corrected chi connectivity index (χ0v) is 14.6. The molecule has 2 heterocycles. The summed E-state index contributed by atoms with van der Waals surface area (Å²) in [6, 6.07) is 8.74. The number of aromatic nitrogens is 3. The van der Waals surface area contributed by atoms with Crippen LogP contribution in [0.1, 0.15) is 12.5 Å². The summed E-state index contributed by atoms with van der Waals surface area (Å²) in [5.74, 6) is 0.962. The van der Waals surface area contributed by atoms with Crippen LogP contribution in [0.4, 0.5) is 22.1 Å². The van der Waals surface area contributed by atoms with Gasteiger partial charge in [-0.2, -0.15) is 0 Å². The second kappa shape index (κ2) is 7.31. The molecule has 0 aliphatic rings. The molecule has 2 aromatic heterocycles. The minimum absolute atomic E-state index is 0.312. The highest BCUT2D eigenvalue weighted by molar-refractivity contribution is 6.31. The summed E-state index contributed by atoms with van der Waals surface area (Å²) in [5, 5.41) is 9.18. The van der Waals surface area contributed by atoms with Crippen molar-refractivity contribution in [3.05, 3.63) is 47.1 Å². The van der Waals surface area contributed by atoms with Crippen LogP contribution in [-0.4, -0.2) is 27.5 Å². The van der Waals surface area contributed by atoms with Crippen LogP contribution in [0.2, 0.25) is 5.02 Å². The summed E-state index contributed by atoms with van der Waals surface area (Å²) >= 11 is 6.04. The third-order valence-electron chi connectivity index (χ3n) is 3.42. The molecule has 0 aliphatic carbocycles. The average Bonchev–Trinajstić information content (AvgIpc) is 2.58. The molecule has 3 rings (SSSR count). The van der Waals surface area contributed by atoms with Crippen molar-refractivity contribution < 1.29 is 4.79 Å². The fourth-order valence-electron chi connectivity index (χ4n) is 2.22. The lowest BCUT2D eigenvalue weighted by Crippen LogP contribution is -2.28. The molecular formula is C17H17ClN6O. The van der Waals surface area contributed by atoms with Gasteiger partial charge in [-0.1, -0.05) is 11.6 Å². The van der Waals surface area contributed by atoms with E-state index in [9.17, 15) is 4.79 Å². The summed E-state index contributed by atoms with van der Waals surface area (Å²) in [6.07, 6.45) is 1.63. The molecule has 0 spiro atoms. The fraction of sp³-hybridized carbons (Fsp3) is 0.176. The Bertz CT molecular complexity index is 930. The van der Waals surface area contributed by atoms with Crippen molar-refractivity contribution in [2.75, 3.05) is 17.2 Å². The van der Waals surface area contributed by atoms with Crippen LogP contribution in [0, 0.1) is 6.92 Å². The number of rotatable bonds is 4. The molecule has 0 saturated carbocycles. The number of pyridine rings is 1. The molecule has 1 aromatic carbocycles. The molecule has 0 fully saturated rings. The Morgan fingerprint density at radius 2 is 1.96 bits per heavy atom. The predicted molar refractivity (Wildman–Crippen MR) is 99.5 cm³/mol. The van der Waals surface area contributed by atoms with Crippen LogP contribution in [0.5, 0.6) is 0 Å². The van der Waals surface area contributed by atoms with Gasteiger partial charge in [0.05, 0.1) is 6.20 Å². The smallest absolute Gasteiger partial charge is 0.320 e. The van der Waals surface area contributed by atoms with Gasteiger partial charge in [0.25, 0.3) is 0 Å². The molecule has 3 N–H and O–H groups in total. The van der Waals surface area contributed by atoms with Crippen LogP contribution in [0.25, 0.3) is 11.2 Å². The zero-order valence-electron chi connectivity index (χ0n) is 13.8. The Kier molecular flexibility index (Phi) is 4.95. The maximum Gasteiger partial charge on any atom is 0.320 e. The van der Waals surface area contributed by atoms with E-state index in [0.717, 1.165) is 11.3 Å². The van der Waals surface area contributed by atoms with E-state index in [1.165, 1.54) is 0 Å². The molecular weight excluding hydrogens is 340 g/mol. The van der Waals surface area contributed by atoms with Crippen molar-refractivity contribution in [2.24, 2.45) is 0 Å². The zero-order chi connectivity index (χ0) is 17.8. The second-order valence-corrected chi connectivity index (χ2v) is 5.78. The highest BCUT2D eigenvalue weighted by atomic mass is 35.5. The first kappa shape index (κ1) is 16.9. The van der Waals surface area contributed by atoms with Gasteiger partial charge in [-0.05, 0) is 49.7 Å². The van der Waals surface area contributed by atoms with Crippen molar-refractivity contribution in [1.82, 2.24) is 20.3 Å². The van der Waals surface area contributed by atoms with E-state index in [-0.39, 0.29) is 6.03 Å². The van der Waals surface area contributed by atoms with Crippen molar-refractivity contribution in [2.45, 2.75) is 13.8 Å². The van der Waals surface area contributed by atoms with Crippen molar-refractivity contribution in [1.29, 1.82) is 0 Å². The van der Waals surface area contributed by atoms with E-state index in [1.807, 2.05) is 32.0 Å². The molecule has 0 aliphatic heterocycles. The van der Waals surface area contributed by atoms with Gasteiger partial charge in [-0.25, -0.2) is 19.7 Å². The third-order valence-corrected chi connectivity index (χ3v) is 3.84. The summed E-state index contributed by atoms with van der Waals surface area (Å²) in [4.78, 5) is 24.7. The minimum Gasteiger partial charge on any atom is -0.339 e. The molecule has 0 unspecified atom stereocenters. The lowest BCUT2D eigenvalue weighted by Gasteiger charge is -2.09. The van der Waals surface area contributed by atoms with Gasteiger partial charge >= 0.3 is 6.03 Å². The monoisotopic (exact) mass is 356 g/mol. The van der Waals surface area contributed by atoms with Crippen LogP contribution >= 0.6 is 11.6 Å². The van der Waals surface area contributed by atoms with Gasteiger partial charge in [0.2, 0.25) is 0 Å².